The van der Waals surface area contributed by atoms with E-state index in [2.05, 4.69) is 15.3 Å². The van der Waals surface area contributed by atoms with Crippen LogP contribution in [0.5, 0.6) is 0 Å². The van der Waals surface area contributed by atoms with Gasteiger partial charge in [0, 0.05) is 30.8 Å². The highest BCUT2D eigenvalue weighted by Crippen LogP contribution is 2.21. The lowest BCUT2D eigenvalue weighted by atomic mass is 10.0. The normalized spacial score (nSPS) is 11.1. The van der Waals surface area contributed by atoms with Gasteiger partial charge >= 0.3 is 5.97 Å². The third kappa shape index (κ3) is 6.79. The molecule has 2 rings (SSSR count). The number of hydrogen-bond acceptors (Lipinski definition) is 7. The molecule has 1 heterocycles. The summed E-state index contributed by atoms with van der Waals surface area (Å²) in [6, 6.07) is 8.81. The van der Waals surface area contributed by atoms with E-state index in [0.717, 1.165) is 5.56 Å². The Labute approximate surface area is 159 Å². The lowest BCUT2D eigenvalue weighted by Crippen LogP contribution is -2.25. The van der Waals surface area contributed by atoms with E-state index >= 15 is 0 Å². The van der Waals surface area contributed by atoms with E-state index in [-0.39, 0.29) is 12.2 Å². The molecule has 0 atom stereocenters. The first-order chi connectivity index (χ1) is 12.8. The molecule has 0 aliphatic heterocycles. The maximum Gasteiger partial charge on any atom is 0.314 e. The second-order valence-electron chi connectivity index (χ2n) is 6.98. The average molecular weight is 371 g/mol. The van der Waals surface area contributed by atoms with Crippen molar-refractivity contribution in [2.75, 3.05) is 25.6 Å². The van der Waals surface area contributed by atoms with Crippen molar-refractivity contribution < 1.29 is 19.1 Å². The Bertz CT molecular complexity index is 800. The van der Waals surface area contributed by atoms with Crippen LogP contribution in [-0.2, 0) is 14.3 Å². The molecule has 0 saturated heterocycles. The summed E-state index contributed by atoms with van der Waals surface area (Å²) in [5.41, 5.74) is 1.26. The molecular formula is C20H25N3O4. The van der Waals surface area contributed by atoms with E-state index in [1.54, 1.807) is 52.1 Å². The molecule has 0 aliphatic rings. The summed E-state index contributed by atoms with van der Waals surface area (Å²) >= 11 is 0. The number of benzene rings is 1. The molecule has 0 aliphatic carbocycles. The second kappa shape index (κ2) is 9.23. The fourth-order valence-electron chi connectivity index (χ4n) is 2.36. The van der Waals surface area contributed by atoms with Crippen LogP contribution in [0.25, 0.3) is 11.3 Å². The van der Waals surface area contributed by atoms with Gasteiger partial charge in [-0.25, -0.2) is 9.97 Å². The number of carbonyl (C=O) groups is 2. The summed E-state index contributed by atoms with van der Waals surface area (Å²) in [6.07, 6.45) is 1.16. The molecule has 1 N–H and O–H groups in total. The molecule has 0 saturated carbocycles. The molecule has 0 amide bonds. The number of Topliss-reactive ketones (excluding diaryl/α,β-unsaturated/α-hetero) is 1. The molecule has 0 bridgehead atoms. The number of ether oxygens (including phenoxy) is 2. The zero-order valence-electron chi connectivity index (χ0n) is 16.1. The van der Waals surface area contributed by atoms with Gasteiger partial charge in [0.2, 0.25) is 0 Å². The fourth-order valence-corrected chi connectivity index (χ4v) is 2.36. The van der Waals surface area contributed by atoms with Crippen molar-refractivity contribution >= 4 is 17.6 Å². The van der Waals surface area contributed by atoms with E-state index in [1.165, 1.54) is 6.33 Å². The minimum atomic E-state index is -0.619. The number of nitrogens with zero attached hydrogens (tertiary/aromatic N) is 2. The molecule has 1 aromatic carbocycles. The van der Waals surface area contributed by atoms with Crippen molar-refractivity contribution in [1.82, 2.24) is 9.97 Å². The van der Waals surface area contributed by atoms with Crippen molar-refractivity contribution in [3.8, 4) is 11.3 Å². The Morgan fingerprint density at radius 1 is 1.15 bits per heavy atom. The first-order valence-corrected chi connectivity index (χ1v) is 8.69. The molecule has 2 aromatic rings. The second-order valence-corrected chi connectivity index (χ2v) is 6.98. The Balaban J connectivity index is 2.12. The summed E-state index contributed by atoms with van der Waals surface area (Å²) in [5.74, 6) is -0.161. The summed E-state index contributed by atoms with van der Waals surface area (Å²) in [5, 5.41) is 3.14. The lowest BCUT2D eigenvalue weighted by Gasteiger charge is -2.19. The Morgan fingerprint density at radius 3 is 2.63 bits per heavy atom. The summed E-state index contributed by atoms with van der Waals surface area (Å²) in [6.45, 7) is 6.49. The SMILES string of the molecule is COCCNc1cc(-c2cccc(C(=O)CC(=O)OC(C)(C)C)c2)ncn1. The van der Waals surface area contributed by atoms with Crippen LogP contribution < -0.4 is 5.32 Å². The molecule has 7 nitrogen and oxygen atoms in total. The van der Waals surface area contributed by atoms with E-state index in [9.17, 15) is 9.59 Å². The fraction of sp³-hybridized carbons (Fsp3) is 0.400. The number of carbonyl (C=O) groups excluding carboxylic acids is 2. The first kappa shape index (κ1) is 20.5. The topological polar surface area (TPSA) is 90.4 Å². The Hall–Kier alpha value is -2.80. The van der Waals surface area contributed by atoms with Gasteiger partial charge in [-0.1, -0.05) is 18.2 Å². The first-order valence-electron chi connectivity index (χ1n) is 8.69. The Kier molecular flexibility index (Phi) is 7.01. The summed E-state index contributed by atoms with van der Waals surface area (Å²) in [4.78, 5) is 32.7. The third-order valence-electron chi connectivity index (χ3n) is 3.48. The van der Waals surface area contributed by atoms with Gasteiger partial charge in [0.05, 0.1) is 12.3 Å². The van der Waals surface area contributed by atoms with Crippen LogP contribution >= 0.6 is 0 Å². The lowest BCUT2D eigenvalue weighted by molar-refractivity contribution is -0.153. The summed E-state index contributed by atoms with van der Waals surface area (Å²) < 4.78 is 10.2. The minimum Gasteiger partial charge on any atom is -0.460 e. The highest BCUT2D eigenvalue weighted by molar-refractivity contribution is 6.06. The molecule has 1 aromatic heterocycles. The van der Waals surface area contributed by atoms with Crippen LogP contribution in [0.1, 0.15) is 37.6 Å². The van der Waals surface area contributed by atoms with Gasteiger partial charge in [-0.2, -0.15) is 0 Å². The van der Waals surface area contributed by atoms with Crippen LogP contribution in [0.3, 0.4) is 0 Å². The van der Waals surface area contributed by atoms with Gasteiger partial charge < -0.3 is 14.8 Å². The zero-order valence-corrected chi connectivity index (χ0v) is 16.1. The maximum atomic E-state index is 12.4. The van der Waals surface area contributed by atoms with Crippen molar-refractivity contribution in [2.45, 2.75) is 32.8 Å². The molecule has 0 spiro atoms. The third-order valence-corrected chi connectivity index (χ3v) is 3.48. The quantitative estimate of drug-likeness (QED) is 0.330. The molecule has 0 unspecified atom stereocenters. The highest BCUT2D eigenvalue weighted by Gasteiger charge is 2.20. The number of aromatic nitrogens is 2. The predicted octanol–water partition coefficient (Wildman–Crippen LogP) is 3.12. The largest absolute Gasteiger partial charge is 0.460 e. The van der Waals surface area contributed by atoms with E-state index in [0.29, 0.717) is 30.2 Å². The number of methoxy groups -OCH3 is 1. The average Bonchev–Trinajstić information content (AvgIpc) is 2.60. The van der Waals surface area contributed by atoms with Crippen molar-refractivity contribution in [3.05, 3.63) is 42.2 Å². The zero-order chi connectivity index (χ0) is 19.9. The number of esters is 1. The van der Waals surface area contributed by atoms with Crippen molar-refractivity contribution in [2.24, 2.45) is 0 Å². The van der Waals surface area contributed by atoms with Crippen LogP contribution in [0.2, 0.25) is 0 Å². The van der Waals surface area contributed by atoms with Gasteiger partial charge in [0.15, 0.2) is 5.78 Å². The van der Waals surface area contributed by atoms with Crippen LogP contribution in [0.15, 0.2) is 36.7 Å². The number of ketones is 1. The number of rotatable bonds is 8. The number of anilines is 1. The van der Waals surface area contributed by atoms with Crippen molar-refractivity contribution in [3.63, 3.8) is 0 Å². The molecule has 144 valence electrons. The molecule has 0 radical (unpaired) electrons. The minimum absolute atomic E-state index is 0.293. The molecular weight excluding hydrogens is 346 g/mol. The van der Waals surface area contributed by atoms with Crippen LogP contribution in [0.4, 0.5) is 5.82 Å². The van der Waals surface area contributed by atoms with Gasteiger partial charge in [-0.05, 0) is 26.8 Å². The van der Waals surface area contributed by atoms with Crippen LogP contribution in [-0.4, -0.2) is 47.6 Å². The maximum absolute atomic E-state index is 12.4. The van der Waals surface area contributed by atoms with Gasteiger partial charge in [-0.15, -0.1) is 0 Å². The van der Waals surface area contributed by atoms with Crippen molar-refractivity contribution in [1.29, 1.82) is 0 Å². The van der Waals surface area contributed by atoms with Gasteiger partial charge in [-0.3, -0.25) is 9.59 Å². The van der Waals surface area contributed by atoms with E-state index in [1.807, 2.05) is 6.07 Å². The smallest absolute Gasteiger partial charge is 0.314 e. The monoisotopic (exact) mass is 371 g/mol. The number of nitrogens with one attached hydrogen (secondary N) is 1. The van der Waals surface area contributed by atoms with Gasteiger partial charge in [0.25, 0.3) is 0 Å². The Morgan fingerprint density at radius 2 is 1.93 bits per heavy atom. The molecule has 0 fully saturated rings. The van der Waals surface area contributed by atoms with E-state index in [4.69, 9.17) is 9.47 Å². The van der Waals surface area contributed by atoms with Gasteiger partial charge in [0.1, 0.15) is 24.2 Å². The molecule has 27 heavy (non-hydrogen) atoms. The standard InChI is InChI=1S/C20H25N3O4/c1-20(2,3)27-19(25)12-17(24)15-7-5-6-14(10-15)16-11-18(23-13-22-16)21-8-9-26-4/h5-7,10-11,13H,8-9,12H2,1-4H3,(H,21,22,23). The highest BCUT2D eigenvalue weighted by atomic mass is 16.6. The summed E-state index contributed by atoms with van der Waals surface area (Å²) in [7, 11) is 1.63. The van der Waals surface area contributed by atoms with E-state index < -0.39 is 11.6 Å². The predicted molar refractivity (Wildman–Crippen MR) is 103 cm³/mol. The molecule has 7 heteroatoms. The number of hydrogen-bond donors (Lipinski definition) is 1. The van der Waals surface area contributed by atoms with Crippen LogP contribution in [0, 0.1) is 0 Å².